The SMILES string of the molecule is Cc1cc(C2CC2)cc(C)c1-n1cc2c(=O)[nH]c([C@H]3CCOCCO3)nc2n1. The second kappa shape index (κ2) is 6.83. The van der Waals surface area contributed by atoms with Gasteiger partial charge in [-0.2, -0.15) is 0 Å². The van der Waals surface area contributed by atoms with Crippen molar-refractivity contribution in [1.82, 2.24) is 19.7 Å². The van der Waals surface area contributed by atoms with Crippen molar-refractivity contribution in [3.8, 4) is 5.69 Å². The monoisotopic (exact) mass is 380 g/mol. The zero-order chi connectivity index (χ0) is 19.3. The molecular weight excluding hydrogens is 356 g/mol. The zero-order valence-corrected chi connectivity index (χ0v) is 16.2. The Morgan fingerprint density at radius 3 is 2.64 bits per heavy atom. The van der Waals surface area contributed by atoms with Gasteiger partial charge in [0.05, 0.1) is 18.9 Å². The summed E-state index contributed by atoms with van der Waals surface area (Å²) in [7, 11) is 0. The number of aryl methyl sites for hydroxylation is 2. The van der Waals surface area contributed by atoms with E-state index in [4.69, 9.17) is 9.47 Å². The number of hydrogen-bond acceptors (Lipinski definition) is 5. The topological polar surface area (TPSA) is 82.0 Å². The fraction of sp³-hybridized carbons (Fsp3) is 0.476. The molecule has 3 aromatic rings. The van der Waals surface area contributed by atoms with Gasteiger partial charge in [0.25, 0.3) is 5.56 Å². The fourth-order valence-electron chi connectivity index (χ4n) is 4.04. The Hall–Kier alpha value is -2.51. The predicted octanol–water partition coefficient (Wildman–Crippen LogP) is 3.08. The molecule has 0 bridgehead atoms. The van der Waals surface area contributed by atoms with Gasteiger partial charge < -0.3 is 14.5 Å². The van der Waals surface area contributed by atoms with Crippen LogP contribution < -0.4 is 5.56 Å². The zero-order valence-electron chi connectivity index (χ0n) is 16.2. The first-order valence-electron chi connectivity index (χ1n) is 9.90. The Balaban J connectivity index is 1.56. The lowest BCUT2D eigenvalue weighted by atomic mass is 10.0. The summed E-state index contributed by atoms with van der Waals surface area (Å²) in [5, 5.41) is 5.12. The molecule has 0 unspecified atom stereocenters. The second-order valence-corrected chi connectivity index (χ2v) is 7.80. The minimum absolute atomic E-state index is 0.190. The van der Waals surface area contributed by atoms with Gasteiger partial charge >= 0.3 is 0 Å². The molecule has 1 N–H and O–H groups in total. The van der Waals surface area contributed by atoms with Crippen LogP contribution in [0.1, 0.15) is 53.8 Å². The average Bonchev–Trinajstić information content (AvgIpc) is 3.46. The second-order valence-electron chi connectivity index (χ2n) is 7.80. The fourth-order valence-corrected chi connectivity index (χ4v) is 4.04. The highest BCUT2D eigenvalue weighted by molar-refractivity contribution is 5.73. The molecule has 0 amide bonds. The van der Waals surface area contributed by atoms with Crippen LogP contribution in [0.4, 0.5) is 0 Å². The molecule has 5 rings (SSSR count). The first kappa shape index (κ1) is 17.6. The number of H-pyrrole nitrogens is 1. The molecule has 7 heteroatoms. The number of nitrogens with zero attached hydrogens (tertiary/aromatic N) is 3. The minimum atomic E-state index is -0.272. The third-order valence-electron chi connectivity index (χ3n) is 5.57. The Morgan fingerprint density at radius 2 is 1.89 bits per heavy atom. The highest BCUT2D eigenvalue weighted by Crippen LogP contribution is 2.41. The van der Waals surface area contributed by atoms with Gasteiger partial charge in [-0.3, -0.25) is 4.79 Å². The quantitative estimate of drug-likeness (QED) is 0.755. The summed E-state index contributed by atoms with van der Waals surface area (Å²) in [4.78, 5) is 20.1. The molecular formula is C21H24N4O3. The van der Waals surface area contributed by atoms with Crippen LogP contribution in [-0.2, 0) is 9.47 Å². The van der Waals surface area contributed by atoms with Gasteiger partial charge in [0, 0.05) is 19.2 Å². The van der Waals surface area contributed by atoms with E-state index in [1.165, 1.54) is 18.4 Å². The van der Waals surface area contributed by atoms with Crippen molar-refractivity contribution < 1.29 is 9.47 Å². The van der Waals surface area contributed by atoms with Crippen LogP contribution >= 0.6 is 0 Å². The lowest BCUT2D eigenvalue weighted by Gasteiger charge is -2.12. The van der Waals surface area contributed by atoms with Crippen LogP contribution in [0.15, 0.2) is 23.1 Å². The van der Waals surface area contributed by atoms with Crippen LogP contribution in [0.25, 0.3) is 16.7 Å². The van der Waals surface area contributed by atoms with Gasteiger partial charge in [0.2, 0.25) is 0 Å². The van der Waals surface area contributed by atoms with E-state index < -0.39 is 0 Å². The normalized spacial score (nSPS) is 20.4. The number of rotatable bonds is 3. The van der Waals surface area contributed by atoms with Crippen molar-refractivity contribution >= 4 is 11.0 Å². The molecule has 1 aromatic carbocycles. The first-order valence-corrected chi connectivity index (χ1v) is 9.90. The maximum Gasteiger partial charge on any atom is 0.262 e. The van der Waals surface area contributed by atoms with Crippen molar-refractivity contribution in [1.29, 1.82) is 0 Å². The van der Waals surface area contributed by atoms with E-state index in [9.17, 15) is 4.79 Å². The van der Waals surface area contributed by atoms with Gasteiger partial charge in [-0.05, 0) is 49.3 Å². The molecule has 28 heavy (non-hydrogen) atoms. The molecule has 2 aliphatic rings. The van der Waals surface area contributed by atoms with Crippen molar-refractivity contribution in [3.05, 3.63) is 51.2 Å². The third-order valence-corrected chi connectivity index (χ3v) is 5.57. The van der Waals surface area contributed by atoms with E-state index in [0.717, 1.165) is 16.8 Å². The summed E-state index contributed by atoms with van der Waals surface area (Å²) < 4.78 is 13.0. The summed E-state index contributed by atoms with van der Waals surface area (Å²) in [5.74, 6) is 1.23. The average molecular weight is 380 g/mol. The molecule has 0 radical (unpaired) electrons. The minimum Gasteiger partial charge on any atom is -0.379 e. The lowest BCUT2D eigenvalue weighted by Crippen LogP contribution is -2.16. The smallest absolute Gasteiger partial charge is 0.262 e. The molecule has 3 heterocycles. The molecule has 1 saturated heterocycles. The van der Waals surface area contributed by atoms with Crippen LogP contribution in [0.5, 0.6) is 0 Å². The van der Waals surface area contributed by atoms with Crippen LogP contribution in [0, 0.1) is 13.8 Å². The molecule has 7 nitrogen and oxygen atoms in total. The Morgan fingerprint density at radius 1 is 1.11 bits per heavy atom. The van der Waals surface area contributed by atoms with Gasteiger partial charge in [-0.1, -0.05) is 12.1 Å². The highest BCUT2D eigenvalue weighted by atomic mass is 16.5. The van der Waals surface area contributed by atoms with E-state index in [2.05, 4.69) is 41.0 Å². The number of fused-ring (bicyclic) bond motifs is 1. The maximum absolute atomic E-state index is 12.7. The number of benzene rings is 1. The largest absolute Gasteiger partial charge is 0.379 e. The lowest BCUT2D eigenvalue weighted by molar-refractivity contribution is 0.0486. The summed E-state index contributed by atoms with van der Waals surface area (Å²) >= 11 is 0. The number of aromatic nitrogens is 4. The third kappa shape index (κ3) is 3.14. The van der Waals surface area contributed by atoms with E-state index in [0.29, 0.717) is 49.0 Å². The van der Waals surface area contributed by atoms with E-state index in [1.807, 2.05) is 0 Å². The maximum atomic E-state index is 12.7. The number of aromatic amines is 1. The Kier molecular flexibility index (Phi) is 4.29. The van der Waals surface area contributed by atoms with Gasteiger partial charge in [-0.25, -0.2) is 9.67 Å². The molecule has 1 aliphatic heterocycles. The van der Waals surface area contributed by atoms with Crippen molar-refractivity contribution in [2.24, 2.45) is 0 Å². The summed E-state index contributed by atoms with van der Waals surface area (Å²) in [6.07, 6.45) is 4.72. The van der Waals surface area contributed by atoms with Crippen LogP contribution in [0.3, 0.4) is 0 Å². The van der Waals surface area contributed by atoms with E-state index in [-0.39, 0.29) is 11.7 Å². The molecule has 146 valence electrons. The Labute approximate surface area is 162 Å². The molecule has 2 aromatic heterocycles. The molecule has 1 atom stereocenters. The molecule has 0 spiro atoms. The Bertz CT molecular complexity index is 1070. The first-order chi connectivity index (χ1) is 13.6. The van der Waals surface area contributed by atoms with Crippen LogP contribution in [0.2, 0.25) is 0 Å². The summed E-state index contributed by atoms with van der Waals surface area (Å²) in [6, 6.07) is 4.49. The molecule has 1 saturated carbocycles. The van der Waals surface area contributed by atoms with Crippen molar-refractivity contribution in [3.63, 3.8) is 0 Å². The summed E-state index contributed by atoms with van der Waals surface area (Å²) in [6.45, 7) is 5.85. The number of ether oxygens (including phenoxy) is 2. The van der Waals surface area contributed by atoms with Gasteiger partial charge in [0.15, 0.2) is 5.65 Å². The number of hydrogen-bond donors (Lipinski definition) is 1. The van der Waals surface area contributed by atoms with Gasteiger partial charge in [-0.15, -0.1) is 5.10 Å². The van der Waals surface area contributed by atoms with Crippen molar-refractivity contribution in [2.45, 2.75) is 45.1 Å². The highest BCUT2D eigenvalue weighted by Gasteiger charge is 2.25. The predicted molar refractivity (Wildman–Crippen MR) is 105 cm³/mol. The van der Waals surface area contributed by atoms with Crippen LogP contribution in [-0.4, -0.2) is 39.6 Å². The number of nitrogens with one attached hydrogen (secondary N) is 1. The van der Waals surface area contributed by atoms with E-state index >= 15 is 0 Å². The molecule has 1 aliphatic carbocycles. The van der Waals surface area contributed by atoms with Gasteiger partial charge in [0.1, 0.15) is 17.3 Å². The van der Waals surface area contributed by atoms with Crippen molar-refractivity contribution in [2.75, 3.05) is 19.8 Å². The summed E-state index contributed by atoms with van der Waals surface area (Å²) in [5.41, 5.74) is 5.00. The van der Waals surface area contributed by atoms with E-state index in [1.54, 1.807) is 10.9 Å². The standard InChI is InChI=1S/C21H24N4O3/c1-12-9-15(14-3-4-14)10-13(2)18(12)25-11-16-19(24-25)22-20(23-21(16)26)17-5-6-27-7-8-28-17/h9-11,14,17H,3-8H2,1-2H3,(H,22,23,24,26)/t17-/m1/s1. The molecule has 2 fully saturated rings.